The van der Waals surface area contributed by atoms with E-state index < -0.39 is 11.7 Å². The molecule has 5 rings (SSSR count). The Morgan fingerprint density at radius 3 is 1.56 bits per heavy atom. The number of benzene rings is 4. The summed E-state index contributed by atoms with van der Waals surface area (Å²) < 4.78 is 45.2. The van der Waals surface area contributed by atoms with Gasteiger partial charge in [0.25, 0.3) is 0 Å². The molecule has 1 aromatic heterocycles. The van der Waals surface area contributed by atoms with E-state index in [9.17, 15) is 13.2 Å². The fourth-order valence-corrected chi connectivity index (χ4v) is 5.62. The Morgan fingerprint density at radius 1 is 0.583 bits per heavy atom. The molecule has 1 nitrogen and oxygen atoms in total. The van der Waals surface area contributed by atoms with Crippen molar-refractivity contribution in [1.82, 2.24) is 0 Å². The SMILES string of the molecule is COc1ccc(-c2c(-c3ccccc3)sc(-c3ccc(C(F)(F)F)cc3)c2-c2ccc(C)cc2)cc1. The number of hydrogen-bond donors (Lipinski definition) is 0. The summed E-state index contributed by atoms with van der Waals surface area (Å²) in [4.78, 5) is 1.99. The predicted molar refractivity (Wildman–Crippen MR) is 142 cm³/mol. The van der Waals surface area contributed by atoms with Gasteiger partial charge in [0.15, 0.2) is 0 Å². The molecule has 5 heteroatoms. The van der Waals surface area contributed by atoms with Crippen LogP contribution >= 0.6 is 11.3 Å². The van der Waals surface area contributed by atoms with Crippen LogP contribution in [0.3, 0.4) is 0 Å². The van der Waals surface area contributed by atoms with E-state index in [4.69, 9.17) is 4.74 Å². The first-order chi connectivity index (χ1) is 17.3. The summed E-state index contributed by atoms with van der Waals surface area (Å²) in [6, 6.07) is 31.7. The second-order valence-corrected chi connectivity index (χ2v) is 9.57. The second kappa shape index (κ2) is 9.67. The maximum atomic E-state index is 13.3. The Labute approximate surface area is 212 Å². The molecule has 0 unspecified atom stereocenters. The summed E-state index contributed by atoms with van der Waals surface area (Å²) in [6.07, 6.45) is -4.38. The molecule has 5 aromatic rings. The quantitative estimate of drug-likeness (QED) is 0.233. The average molecular weight is 501 g/mol. The van der Waals surface area contributed by atoms with E-state index in [1.165, 1.54) is 0 Å². The zero-order chi connectivity index (χ0) is 25.3. The fourth-order valence-electron chi connectivity index (χ4n) is 4.27. The Kier molecular flexibility index (Phi) is 6.42. The molecule has 0 atom stereocenters. The predicted octanol–water partition coefficient (Wildman–Crippen LogP) is 9.75. The van der Waals surface area contributed by atoms with E-state index in [0.29, 0.717) is 0 Å². The Morgan fingerprint density at radius 2 is 1.06 bits per heavy atom. The smallest absolute Gasteiger partial charge is 0.416 e. The minimum atomic E-state index is -4.38. The number of alkyl halides is 3. The normalized spacial score (nSPS) is 11.5. The maximum absolute atomic E-state index is 13.3. The lowest BCUT2D eigenvalue weighted by Gasteiger charge is -2.12. The molecule has 0 saturated carbocycles. The van der Waals surface area contributed by atoms with Gasteiger partial charge in [-0.15, -0.1) is 11.3 Å². The Hall–Kier alpha value is -3.83. The van der Waals surface area contributed by atoms with Gasteiger partial charge in [-0.1, -0.05) is 84.4 Å². The van der Waals surface area contributed by atoms with Crippen LogP contribution in [0.4, 0.5) is 13.2 Å². The van der Waals surface area contributed by atoms with Crippen LogP contribution in [-0.2, 0) is 6.18 Å². The van der Waals surface area contributed by atoms with Crippen LogP contribution in [-0.4, -0.2) is 7.11 Å². The lowest BCUT2D eigenvalue weighted by atomic mass is 9.91. The molecule has 0 amide bonds. The molecule has 0 radical (unpaired) electrons. The minimum Gasteiger partial charge on any atom is -0.497 e. The third kappa shape index (κ3) is 4.67. The van der Waals surface area contributed by atoms with Crippen LogP contribution in [0.15, 0.2) is 103 Å². The highest BCUT2D eigenvalue weighted by molar-refractivity contribution is 7.20. The Balaban J connectivity index is 1.81. The van der Waals surface area contributed by atoms with Gasteiger partial charge < -0.3 is 4.74 Å². The number of hydrogen-bond acceptors (Lipinski definition) is 2. The second-order valence-electron chi connectivity index (χ2n) is 8.55. The molecule has 1 heterocycles. The highest BCUT2D eigenvalue weighted by Gasteiger charge is 2.30. The standard InChI is InChI=1S/C31H23F3OS/c1-20-8-10-21(11-9-20)27-28(22-14-18-26(35-2)19-15-22)29(23-6-4-3-5-7-23)36-30(27)24-12-16-25(17-13-24)31(32,33)34/h3-19H,1-2H3. The summed E-state index contributed by atoms with van der Waals surface area (Å²) >= 11 is 1.60. The van der Waals surface area contributed by atoms with Crippen LogP contribution < -0.4 is 4.74 Å². The molecule has 0 aliphatic carbocycles. The maximum Gasteiger partial charge on any atom is 0.416 e. The first-order valence-corrected chi connectivity index (χ1v) is 12.3. The van der Waals surface area contributed by atoms with Crippen molar-refractivity contribution in [3.8, 4) is 48.9 Å². The number of ether oxygens (including phenoxy) is 1. The van der Waals surface area contributed by atoms with E-state index >= 15 is 0 Å². The number of rotatable bonds is 5. The molecule has 0 N–H and O–H groups in total. The van der Waals surface area contributed by atoms with Crippen LogP contribution in [0, 0.1) is 6.92 Å². The molecular formula is C31H23F3OS. The van der Waals surface area contributed by atoms with Crippen LogP contribution in [0.2, 0.25) is 0 Å². The van der Waals surface area contributed by atoms with Crippen LogP contribution in [0.1, 0.15) is 11.1 Å². The van der Waals surface area contributed by atoms with Gasteiger partial charge in [-0.3, -0.25) is 0 Å². The Bertz CT molecular complexity index is 1470. The molecule has 0 aliphatic heterocycles. The third-order valence-electron chi connectivity index (χ3n) is 6.14. The number of halogens is 3. The molecule has 0 aliphatic rings. The highest BCUT2D eigenvalue weighted by Crippen LogP contribution is 2.52. The number of thiophene rings is 1. The number of aryl methyl sites for hydroxylation is 1. The van der Waals surface area contributed by atoms with Crippen molar-refractivity contribution in [1.29, 1.82) is 0 Å². The highest BCUT2D eigenvalue weighted by atomic mass is 32.1. The van der Waals surface area contributed by atoms with E-state index in [-0.39, 0.29) is 0 Å². The largest absolute Gasteiger partial charge is 0.497 e. The van der Waals surface area contributed by atoms with Crippen molar-refractivity contribution >= 4 is 11.3 Å². The summed E-state index contributed by atoms with van der Waals surface area (Å²) in [6.45, 7) is 2.04. The monoisotopic (exact) mass is 500 g/mol. The van der Waals surface area contributed by atoms with Crippen molar-refractivity contribution in [3.05, 3.63) is 114 Å². The molecule has 180 valence electrons. The molecule has 0 bridgehead atoms. The van der Waals surface area contributed by atoms with E-state index in [2.05, 4.69) is 36.4 Å². The summed E-state index contributed by atoms with van der Waals surface area (Å²) in [5.74, 6) is 0.759. The minimum absolute atomic E-state index is 0.654. The zero-order valence-electron chi connectivity index (χ0n) is 19.8. The summed E-state index contributed by atoms with van der Waals surface area (Å²) in [5.41, 5.74) is 6.37. The van der Waals surface area contributed by atoms with Gasteiger partial charge in [0.1, 0.15) is 5.75 Å². The van der Waals surface area contributed by atoms with Crippen molar-refractivity contribution in [2.24, 2.45) is 0 Å². The van der Waals surface area contributed by atoms with E-state index in [1.54, 1.807) is 30.6 Å². The van der Waals surface area contributed by atoms with Gasteiger partial charge in [-0.25, -0.2) is 0 Å². The van der Waals surface area contributed by atoms with Crippen LogP contribution in [0.5, 0.6) is 5.75 Å². The molecule has 36 heavy (non-hydrogen) atoms. The zero-order valence-corrected chi connectivity index (χ0v) is 20.6. The lowest BCUT2D eigenvalue weighted by Crippen LogP contribution is -2.03. The van der Waals surface area contributed by atoms with Gasteiger partial charge in [0, 0.05) is 20.9 Å². The first kappa shape index (κ1) is 23.9. The van der Waals surface area contributed by atoms with Gasteiger partial charge in [-0.2, -0.15) is 13.2 Å². The fraction of sp³-hybridized carbons (Fsp3) is 0.0968. The first-order valence-electron chi connectivity index (χ1n) is 11.5. The molecule has 0 spiro atoms. The average Bonchev–Trinajstić information content (AvgIpc) is 3.30. The topological polar surface area (TPSA) is 9.23 Å². The third-order valence-corrected chi connectivity index (χ3v) is 7.43. The van der Waals surface area contributed by atoms with Crippen molar-refractivity contribution in [3.63, 3.8) is 0 Å². The van der Waals surface area contributed by atoms with Crippen molar-refractivity contribution in [2.45, 2.75) is 13.1 Å². The van der Waals surface area contributed by atoms with Gasteiger partial charge >= 0.3 is 6.18 Å². The van der Waals surface area contributed by atoms with E-state index in [0.717, 1.165) is 66.6 Å². The molecule has 0 fully saturated rings. The molecule has 4 aromatic carbocycles. The van der Waals surface area contributed by atoms with Gasteiger partial charge in [-0.05, 0) is 53.4 Å². The van der Waals surface area contributed by atoms with E-state index in [1.807, 2.05) is 49.4 Å². The summed E-state index contributed by atoms with van der Waals surface area (Å²) in [5, 5.41) is 0. The molecular weight excluding hydrogens is 477 g/mol. The van der Waals surface area contributed by atoms with Gasteiger partial charge in [0.05, 0.1) is 12.7 Å². The van der Waals surface area contributed by atoms with Crippen molar-refractivity contribution in [2.75, 3.05) is 7.11 Å². The summed E-state index contributed by atoms with van der Waals surface area (Å²) in [7, 11) is 1.63. The lowest BCUT2D eigenvalue weighted by molar-refractivity contribution is -0.137. The van der Waals surface area contributed by atoms with Crippen molar-refractivity contribution < 1.29 is 17.9 Å². The number of methoxy groups -OCH3 is 1. The van der Waals surface area contributed by atoms with Crippen LogP contribution in [0.25, 0.3) is 43.1 Å². The van der Waals surface area contributed by atoms with Gasteiger partial charge in [0.2, 0.25) is 0 Å². The molecule has 0 saturated heterocycles.